The van der Waals surface area contributed by atoms with Crippen LogP contribution >= 0.6 is 0 Å². The molecule has 3 aliphatic rings. The summed E-state index contributed by atoms with van der Waals surface area (Å²) < 4.78 is 17.3. The van der Waals surface area contributed by atoms with E-state index in [1.165, 1.54) is 6.07 Å². The number of methoxy groups -OCH3 is 1. The lowest BCUT2D eigenvalue weighted by Crippen LogP contribution is -2.54. The zero-order chi connectivity index (χ0) is 30.8. The number of carbonyl (C=O) groups is 3. The number of ether oxygens (including phenoxy) is 3. The Morgan fingerprint density at radius 2 is 1.71 bits per heavy atom. The van der Waals surface area contributed by atoms with Gasteiger partial charge in [0.25, 0.3) is 0 Å². The number of nitrogens with zero attached hydrogens (tertiary/aromatic N) is 1. The van der Waals surface area contributed by atoms with Crippen LogP contribution in [0.3, 0.4) is 0 Å². The van der Waals surface area contributed by atoms with Crippen molar-refractivity contribution >= 4 is 17.5 Å². The first-order chi connectivity index (χ1) is 19.7. The topological polar surface area (TPSA) is 183 Å². The number of aromatic hydroxyl groups is 3. The van der Waals surface area contributed by atoms with E-state index in [1.54, 1.807) is 13.8 Å². The molecule has 5 rings (SSSR count). The molecule has 12 heteroatoms. The van der Waals surface area contributed by atoms with Gasteiger partial charge in [0, 0.05) is 30.0 Å². The van der Waals surface area contributed by atoms with Crippen molar-refractivity contribution in [2.45, 2.75) is 75.3 Å². The SMILES string of the molecule is CC[C@]1(O)CC(O[C@H]2CC(N(C)C)[C@H](O)C(C)O2)c2c(cc3c(c2O)C(=O)c2c(O)ccc(O)c2C3=O)[C@H]1C(=O)OC. The van der Waals surface area contributed by atoms with Gasteiger partial charge in [-0.3, -0.25) is 14.4 Å². The molecule has 12 nitrogen and oxygen atoms in total. The van der Waals surface area contributed by atoms with Crippen LogP contribution in [0.4, 0.5) is 0 Å². The molecule has 0 bridgehead atoms. The molecule has 3 unspecified atom stereocenters. The smallest absolute Gasteiger partial charge is 0.316 e. The molecule has 1 heterocycles. The number of rotatable bonds is 5. The summed E-state index contributed by atoms with van der Waals surface area (Å²) in [4.78, 5) is 42.2. The van der Waals surface area contributed by atoms with E-state index in [-0.39, 0.29) is 42.0 Å². The summed E-state index contributed by atoms with van der Waals surface area (Å²) in [5, 5.41) is 54.9. The zero-order valence-electron chi connectivity index (χ0n) is 24.0. The Bertz CT molecular complexity index is 1470. The maximum atomic E-state index is 13.7. The Balaban J connectivity index is 1.70. The summed E-state index contributed by atoms with van der Waals surface area (Å²) in [5.41, 5.74) is -3.36. The number of hydrogen-bond donors (Lipinski definition) is 5. The molecule has 42 heavy (non-hydrogen) atoms. The fraction of sp³-hybridized carbons (Fsp3) is 0.500. The second kappa shape index (κ2) is 10.6. The maximum absolute atomic E-state index is 13.7. The lowest BCUT2D eigenvalue weighted by Gasteiger charge is -2.46. The summed E-state index contributed by atoms with van der Waals surface area (Å²) in [5.74, 6) is -5.69. The average molecular weight is 586 g/mol. The first-order valence-corrected chi connectivity index (χ1v) is 13.7. The highest BCUT2D eigenvalue weighted by atomic mass is 16.7. The third kappa shape index (κ3) is 4.45. The number of hydrogen-bond acceptors (Lipinski definition) is 12. The fourth-order valence-electron chi connectivity index (χ4n) is 6.56. The van der Waals surface area contributed by atoms with E-state index in [2.05, 4.69) is 0 Å². The second-order valence-corrected chi connectivity index (χ2v) is 11.4. The van der Waals surface area contributed by atoms with Crippen molar-refractivity contribution in [2.75, 3.05) is 21.2 Å². The third-order valence-electron chi connectivity index (χ3n) is 8.87. The van der Waals surface area contributed by atoms with Crippen molar-refractivity contribution in [1.82, 2.24) is 4.90 Å². The van der Waals surface area contributed by atoms with Gasteiger partial charge in [-0.25, -0.2) is 0 Å². The van der Waals surface area contributed by atoms with Gasteiger partial charge in [-0.2, -0.15) is 0 Å². The summed E-state index contributed by atoms with van der Waals surface area (Å²) in [6.45, 7) is 3.36. The highest BCUT2D eigenvalue weighted by molar-refractivity contribution is 6.31. The summed E-state index contributed by atoms with van der Waals surface area (Å²) in [6.07, 6.45) is -3.34. The van der Waals surface area contributed by atoms with Crippen molar-refractivity contribution in [2.24, 2.45) is 0 Å². The first kappa shape index (κ1) is 29.9. The number of aliphatic hydroxyl groups is 2. The monoisotopic (exact) mass is 585 g/mol. The fourth-order valence-corrected chi connectivity index (χ4v) is 6.56. The van der Waals surface area contributed by atoms with Crippen LogP contribution in [0.15, 0.2) is 18.2 Å². The van der Waals surface area contributed by atoms with Crippen molar-refractivity contribution in [3.8, 4) is 17.2 Å². The number of aliphatic hydroxyl groups excluding tert-OH is 1. The molecule has 7 atom stereocenters. The van der Waals surface area contributed by atoms with Crippen molar-refractivity contribution in [1.29, 1.82) is 0 Å². The Hall–Kier alpha value is -3.55. The molecule has 0 radical (unpaired) electrons. The molecular weight excluding hydrogens is 550 g/mol. The van der Waals surface area contributed by atoms with Gasteiger partial charge in [0.05, 0.1) is 47.7 Å². The lowest BCUT2D eigenvalue weighted by atomic mass is 9.67. The molecule has 5 N–H and O–H groups in total. The molecule has 0 spiro atoms. The zero-order valence-corrected chi connectivity index (χ0v) is 24.0. The Kier molecular flexibility index (Phi) is 7.57. The Morgan fingerprint density at radius 3 is 2.29 bits per heavy atom. The minimum Gasteiger partial charge on any atom is -0.507 e. The van der Waals surface area contributed by atoms with Gasteiger partial charge in [-0.05, 0) is 51.2 Å². The van der Waals surface area contributed by atoms with E-state index in [0.717, 1.165) is 19.2 Å². The largest absolute Gasteiger partial charge is 0.507 e. The van der Waals surface area contributed by atoms with E-state index in [4.69, 9.17) is 14.2 Å². The number of esters is 1. The molecule has 2 aliphatic carbocycles. The standard InChI is InChI=1S/C30H35NO11/c1-6-30(39)11-18(42-19-10-15(31(3)4)25(34)12(2)41-19)20-13(24(30)29(38)40-5)9-14-21(27(20)36)28(37)23-17(33)8-7-16(32)22(23)26(14)35/h7-9,12,15,18-19,24-25,32-34,36,39H,6,10-11H2,1-5H3/t12?,15?,18?,19-,24-,25+,30-/m0/s1. The van der Waals surface area contributed by atoms with Crippen LogP contribution < -0.4 is 0 Å². The summed E-state index contributed by atoms with van der Waals surface area (Å²) >= 11 is 0. The second-order valence-electron chi connectivity index (χ2n) is 11.4. The third-order valence-corrected chi connectivity index (χ3v) is 8.87. The van der Waals surface area contributed by atoms with Crippen LogP contribution in [0.2, 0.25) is 0 Å². The van der Waals surface area contributed by atoms with E-state index >= 15 is 0 Å². The van der Waals surface area contributed by atoms with Crippen molar-refractivity contribution < 1.29 is 54.1 Å². The Labute approximate surface area is 242 Å². The molecule has 0 amide bonds. The van der Waals surface area contributed by atoms with Crippen LogP contribution in [-0.2, 0) is 19.0 Å². The molecule has 2 aromatic carbocycles. The molecule has 0 aromatic heterocycles. The van der Waals surface area contributed by atoms with E-state index in [9.17, 15) is 39.9 Å². The molecular formula is C30H35NO11. The van der Waals surface area contributed by atoms with Crippen LogP contribution in [-0.4, -0.2) is 99.3 Å². The first-order valence-electron chi connectivity index (χ1n) is 13.7. The van der Waals surface area contributed by atoms with Crippen LogP contribution in [0.25, 0.3) is 0 Å². The average Bonchev–Trinajstić information content (AvgIpc) is 2.93. The highest BCUT2D eigenvalue weighted by Gasteiger charge is 2.53. The van der Waals surface area contributed by atoms with Crippen molar-refractivity contribution in [3.63, 3.8) is 0 Å². The van der Waals surface area contributed by atoms with Gasteiger partial charge < -0.3 is 44.6 Å². The normalized spacial score (nSPS) is 30.5. The quantitative estimate of drug-likeness (QED) is 0.217. The predicted octanol–water partition coefficient (Wildman–Crippen LogP) is 1.86. The van der Waals surface area contributed by atoms with Crippen molar-refractivity contribution in [3.05, 3.63) is 51.6 Å². The number of benzene rings is 2. The Morgan fingerprint density at radius 1 is 1.10 bits per heavy atom. The lowest BCUT2D eigenvalue weighted by molar-refractivity contribution is -0.258. The van der Waals surface area contributed by atoms with Gasteiger partial charge in [0.1, 0.15) is 23.2 Å². The van der Waals surface area contributed by atoms with Gasteiger partial charge in [0.15, 0.2) is 12.1 Å². The van der Waals surface area contributed by atoms with E-state index in [1.807, 2.05) is 19.0 Å². The number of likely N-dealkylation sites (N-methyl/N-ethyl adjacent to an activating group) is 1. The predicted molar refractivity (Wildman–Crippen MR) is 146 cm³/mol. The number of phenolic OH excluding ortho intramolecular Hbond substituents is 3. The molecule has 1 saturated heterocycles. The number of carbonyl (C=O) groups excluding carboxylic acids is 3. The molecule has 2 aromatic rings. The molecule has 0 saturated carbocycles. The van der Waals surface area contributed by atoms with Crippen LogP contribution in [0.1, 0.15) is 88.1 Å². The van der Waals surface area contributed by atoms with E-state index < -0.39 is 87.6 Å². The van der Waals surface area contributed by atoms with Gasteiger partial charge >= 0.3 is 5.97 Å². The van der Waals surface area contributed by atoms with E-state index in [0.29, 0.717) is 0 Å². The summed E-state index contributed by atoms with van der Waals surface area (Å²) in [7, 11) is 4.76. The molecule has 1 aliphatic heterocycles. The number of fused-ring (bicyclic) bond motifs is 3. The van der Waals surface area contributed by atoms with Gasteiger partial charge in [-0.1, -0.05) is 6.92 Å². The maximum Gasteiger partial charge on any atom is 0.316 e. The van der Waals surface area contributed by atoms with Gasteiger partial charge in [0.2, 0.25) is 5.78 Å². The van der Waals surface area contributed by atoms with Gasteiger partial charge in [-0.15, -0.1) is 0 Å². The van der Waals surface area contributed by atoms with Crippen LogP contribution in [0.5, 0.6) is 17.2 Å². The molecule has 1 fully saturated rings. The highest BCUT2D eigenvalue weighted by Crippen LogP contribution is 2.54. The number of ketones is 2. The number of phenols is 3. The molecule has 226 valence electrons. The minimum absolute atomic E-state index is 0.00436. The minimum atomic E-state index is -1.74. The van der Waals surface area contributed by atoms with Crippen LogP contribution in [0, 0.1) is 0 Å². The summed E-state index contributed by atoms with van der Waals surface area (Å²) in [6, 6.07) is 3.05.